The molecule has 1 aromatic heterocycles. The number of alkyl halides is 1. The van der Waals surface area contributed by atoms with E-state index in [1.807, 2.05) is 30.3 Å². The van der Waals surface area contributed by atoms with Crippen LogP contribution in [0.15, 0.2) is 39.9 Å². The van der Waals surface area contributed by atoms with E-state index in [0.717, 1.165) is 17.1 Å². The smallest absolute Gasteiger partial charge is 0.255 e. The second kappa shape index (κ2) is 5.33. The Morgan fingerprint density at radius 3 is 2.53 bits per heavy atom. The van der Waals surface area contributed by atoms with E-state index >= 15 is 0 Å². The van der Waals surface area contributed by atoms with Crippen LogP contribution in [0.4, 0.5) is 0 Å². The minimum Gasteiger partial charge on any atom is -0.255 e. The van der Waals surface area contributed by atoms with Crippen molar-refractivity contribution < 1.29 is 0 Å². The van der Waals surface area contributed by atoms with Crippen LogP contribution in [-0.2, 0) is 13.1 Å². The molecule has 0 amide bonds. The molecule has 4 nitrogen and oxygen atoms in total. The number of aromatic nitrogens is 2. The molecule has 6 heteroatoms. The topological polar surface area (TPSA) is 44.0 Å². The summed E-state index contributed by atoms with van der Waals surface area (Å²) < 4.78 is 2.62. The number of nitrogens with zero attached hydrogens (tertiary/aromatic N) is 2. The Labute approximate surface area is 107 Å². The molecule has 0 aliphatic carbocycles. The van der Waals surface area contributed by atoms with Crippen molar-refractivity contribution in [2.24, 2.45) is 0 Å². The van der Waals surface area contributed by atoms with E-state index in [9.17, 15) is 9.59 Å². The number of benzene rings is 1. The third-order valence-corrected chi connectivity index (χ3v) is 3.38. The van der Waals surface area contributed by atoms with Gasteiger partial charge in [-0.05, 0) is 5.56 Å². The molecule has 0 radical (unpaired) electrons. The van der Waals surface area contributed by atoms with Crippen LogP contribution >= 0.6 is 23.1 Å². The monoisotopic (exact) mass is 270 g/mol. The van der Waals surface area contributed by atoms with Gasteiger partial charge in [-0.2, -0.15) is 0 Å². The van der Waals surface area contributed by atoms with Gasteiger partial charge >= 0.3 is 10.6 Å². The molecule has 0 aliphatic rings. The predicted octanol–water partition coefficient (Wildman–Crippen LogP) is 1.36. The van der Waals surface area contributed by atoms with E-state index in [-0.39, 0.29) is 23.0 Å². The van der Waals surface area contributed by atoms with Crippen molar-refractivity contribution in [3.05, 3.63) is 56.0 Å². The fourth-order valence-corrected chi connectivity index (χ4v) is 2.53. The number of rotatable bonds is 4. The molecule has 0 fully saturated rings. The maximum atomic E-state index is 11.9. The zero-order valence-corrected chi connectivity index (χ0v) is 10.6. The summed E-state index contributed by atoms with van der Waals surface area (Å²) in [6.45, 7) is 0.687. The molecule has 0 saturated heterocycles. The SMILES string of the molecule is O=c1sn(Cc2ccccc2)c(=O)n1CCCl. The van der Waals surface area contributed by atoms with Crippen molar-refractivity contribution in [1.82, 2.24) is 8.52 Å². The van der Waals surface area contributed by atoms with Crippen molar-refractivity contribution in [3.8, 4) is 0 Å². The Kier molecular flexibility index (Phi) is 3.81. The van der Waals surface area contributed by atoms with E-state index in [0.29, 0.717) is 6.54 Å². The van der Waals surface area contributed by atoms with Crippen molar-refractivity contribution in [3.63, 3.8) is 0 Å². The first-order valence-corrected chi connectivity index (χ1v) is 6.44. The summed E-state index contributed by atoms with van der Waals surface area (Å²) >= 11 is 6.47. The zero-order valence-electron chi connectivity index (χ0n) is 9.01. The van der Waals surface area contributed by atoms with Crippen LogP contribution in [0, 0.1) is 0 Å². The summed E-state index contributed by atoms with van der Waals surface area (Å²) in [5, 5.41) is 0. The molecule has 0 bridgehead atoms. The summed E-state index contributed by atoms with van der Waals surface area (Å²) in [5.41, 5.74) is 0.707. The third-order valence-electron chi connectivity index (χ3n) is 2.33. The average molecular weight is 271 g/mol. The summed E-state index contributed by atoms with van der Waals surface area (Å²) in [7, 11) is 0. The van der Waals surface area contributed by atoms with Crippen LogP contribution in [0.5, 0.6) is 0 Å². The van der Waals surface area contributed by atoms with Crippen molar-refractivity contribution >= 4 is 23.1 Å². The van der Waals surface area contributed by atoms with Crippen LogP contribution in [0.1, 0.15) is 5.56 Å². The third kappa shape index (κ3) is 2.68. The molecule has 1 aromatic carbocycles. The quantitative estimate of drug-likeness (QED) is 0.788. The van der Waals surface area contributed by atoms with Gasteiger partial charge in [0.25, 0.3) is 0 Å². The number of halogens is 1. The highest BCUT2D eigenvalue weighted by Crippen LogP contribution is 2.01. The largest absolute Gasteiger partial charge is 0.341 e. The molecular weight excluding hydrogens is 260 g/mol. The molecule has 0 atom stereocenters. The van der Waals surface area contributed by atoms with Gasteiger partial charge in [0.2, 0.25) is 0 Å². The minimum absolute atomic E-state index is 0.258. The molecule has 0 unspecified atom stereocenters. The maximum Gasteiger partial charge on any atom is 0.341 e. The Hall–Kier alpha value is -1.33. The second-order valence-corrected chi connectivity index (χ2v) is 4.85. The van der Waals surface area contributed by atoms with Crippen molar-refractivity contribution in [2.75, 3.05) is 5.88 Å². The lowest BCUT2D eigenvalue weighted by molar-refractivity contribution is 0.668. The predicted molar refractivity (Wildman–Crippen MR) is 69.1 cm³/mol. The normalized spacial score (nSPS) is 10.6. The maximum absolute atomic E-state index is 11.9. The summed E-state index contributed by atoms with van der Waals surface area (Å²) in [6.07, 6.45) is 0. The fourth-order valence-electron chi connectivity index (χ4n) is 1.52. The molecule has 90 valence electrons. The van der Waals surface area contributed by atoms with Crippen molar-refractivity contribution in [1.29, 1.82) is 0 Å². The highest BCUT2D eigenvalue weighted by Gasteiger charge is 2.09. The Morgan fingerprint density at radius 1 is 1.18 bits per heavy atom. The van der Waals surface area contributed by atoms with Gasteiger partial charge in [0.05, 0.1) is 6.54 Å². The van der Waals surface area contributed by atoms with Gasteiger partial charge in [-0.15, -0.1) is 11.6 Å². The number of hydrogen-bond donors (Lipinski definition) is 0. The average Bonchev–Trinajstić information content (AvgIpc) is 2.59. The Bertz CT molecular complexity index is 600. The molecule has 2 aromatic rings. The van der Waals surface area contributed by atoms with Crippen LogP contribution in [0.2, 0.25) is 0 Å². The summed E-state index contributed by atoms with van der Waals surface area (Å²) in [5.74, 6) is 0.261. The van der Waals surface area contributed by atoms with Gasteiger partial charge in [0.1, 0.15) is 0 Å². The molecule has 0 saturated carbocycles. The first-order chi connectivity index (χ1) is 8.22. The van der Waals surface area contributed by atoms with Gasteiger partial charge in [0.15, 0.2) is 0 Å². The van der Waals surface area contributed by atoms with Gasteiger partial charge < -0.3 is 0 Å². The van der Waals surface area contributed by atoms with E-state index in [4.69, 9.17) is 11.6 Å². The van der Waals surface area contributed by atoms with E-state index in [1.54, 1.807) is 0 Å². The van der Waals surface area contributed by atoms with Crippen molar-refractivity contribution in [2.45, 2.75) is 13.1 Å². The van der Waals surface area contributed by atoms with Gasteiger partial charge in [-0.1, -0.05) is 30.3 Å². The van der Waals surface area contributed by atoms with Crippen LogP contribution < -0.4 is 10.6 Å². The molecule has 1 heterocycles. The van der Waals surface area contributed by atoms with E-state index in [2.05, 4.69) is 0 Å². The number of hydrogen-bond acceptors (Lipinski definition) is 3. The zero-order chi connectivity index (χ0) is 12.3. The van der Waals surface area contributed by atoms with Gasteiger partial charge in [0, 0.05) is 24.0 Å². The molecule has 0 N–H and O–H groups in total. The molecule has 17 heavy (non-hydrogen) atoms. The molecule has 0 spiro atoms. The molecule has 2 rings (SSSR count). The lowest BCUT2D eigenvalue weighted by atomic mass is 10.2. The highest BCUT2D eigenvalue weighted by atomic mass is 35.5. The Morgan fingerprint density at radius 2 is 1.88 bits per heavy atom. The molecular formula is C11H11ClN2O2S. The fraction of sp³-hybridized carbons (Fsp3) is 0.273. The first-order valence-electron chi connectivity index (χ1n) is 5.13. The van der Waals surface area contributed by atoms with Gasteiger partial charge in [-0.3, -0.25) is 4.79 Å². The summed E-state index contributed by atoms with van der Waals surface area (Å²) in [6, 6.07) is 9.55. The standard InChI is InChI=1S/C11H11ClN2O2S/c12-6-7-13-10(15)14(17-11(13)16)8-9-4-2-1-3-5-9/h1-5H,6-8H2. The lowest BCUT2D eigenvalue weighted by Gasteiger charge is -1.99. The lowest BCUT2D eigenvalue weighted by Crippen LogP contribution is -2.29. The second-order valence-electron chi connectivity index (χ2n) is 3.50. The Balaban J connectivity index is 2.32. The minimum atomic E-state index is -0.287. The van der Waals surface area contributed by atoms with E-state index < -0.39 is 0 Å². The first kappa shape index (κ1) is 12.1. The van der Waals surface area contributed by atoms with Crippen LogP contribution in [0.3, 0.4) is 0 Å². The van der Waals surface area contributed by atoms with E-state index in [1.165, 1.54) is 8.52 Å². The van der Waals surface area contributed by atoms with Crippen LogP contribution in [-0.4, -0.2) is 14.4 Å². The molecule has 0 aliphatic heterocycles. The van der Waals surface area contributed by atoms with Gasteiger partial charge in [-0.25, -0.2) is 13.3 Å². The highest BCUT2D eigenvalue weighted by molar-refractivity contribution is 7.03. The summed E-state index contributed by atoms with van der Waals surface area (Å²) in [4.78, 5) is 23.1. The van der Waals surface area contributed by atoms with Crippen LogP contribution in [0.25, 0.3) is 0 Å².